The van der Waals surface area contributed by atoms with E-state index in [1.54, 1.807) is 0 Å². The van der Waals surface area contributed by atoms with Gasteiger partial charge >= 0.3 is 0 Å². The van der Waals surface area contributed by atoms with Gasteiger partial charge in [0.2, 0.25) is 0 Å². The van der Waals surface area contributed by atoms with Gasteiger partial charge in [-0.3, -0.25) is 4.90 Å². The van der Waals surface area contributed by atoms with Crippen molar-refractivity contribution in [1.29, 1.82) is 0 Å². The molecular weight excluding hydrogens is 172 g/mol. The first-order chi connectivity index (χ1) is 6.58. The average Bonchev–Trinajstić information content (AvgIpc) is 2.23. The molecule has 0 amide bonds. The lowest BCUT2D eigenvalue weighted by Crippen LogP contribution is -2.51. The van der Waals surface area contributed by atoms with Crippen molar-refractivity contribution in [3.63, 3.8) is 0 Å². The molecule has 1 rings (SSSR count). The smallest absolute Gasteiger partial charge is 0.0280 e. The number of hydrogen-bond acceptors (Lipinski definition) is 2. The molecule has 14 heavy (non-hydrogen) atoms. The summed E-state index contributed by atoms with van der Waals surface area (Å²) in [4.78, 5) is 2.68. The molecule has 84 valence electrons. The number of nitrogens with one attached hydrogen (secondary N) is 1. The molecule has 0 aromatic heterocycles. The van der Waals surface area contributed by atoms with E-state index in [1.807, 2.05) is 0 Å². The zero-order valence-electron chi connectivity index (χ0n) is 10.3. The lowest BCUT2D eigenvalue weighted by atomic mass is 10.00. The maximum absolute atomic E-state index is 3.53. The first-order valence-electron chi connectivity index (χ1n) is 6.05. The zero-order valence-corrected chi connectivity index (χ0v) is 10.3. The summed E-state index contributed by atoms with van der Waals surface area (Å²) in [6.07, 6.45) is 3.91. The van der Waals surface area contributed by atoms with Gasteiger partial charge in [-0.1, -0.05) is 13.3 Å². The fourth-order valence-electron chi connectivity index (χ4n) is 2.41. The number of unbranched alkanes of at least 4 members (excludes halogenated alkanes) is 1. The van der Waals surface area contributed by atoms with Crippen molar-refractivity contribution >= 4 is 0 Å². The Kier molecular flexibility index (Phi) is 4.39. The van der Waals surface area contributed by atoms with E-state index < -0.39 is 0 Å². The molecule has 0 saturated carbocycles. The van der Waals surface area contributed by atoms with Crippen LogP contribution in [0.5, 0.6) is 0 Å². The van der Waals surface area contributed by atoms with Crippen molar-refractivity contribution in [3.05, 3.63) is 0 Å². The normalized spacial score (nSPS) is 28.7. The van der Waals surface area contributed by atoms with E-state index >= 15 is 0 Å². The molecule has 0 radical (unpaired) electrons. The van der Waals surface area contributed by atoms with Gasteiger partial charge in [0.15, 0.2) is 0 Å². The molecular formula is C12H26N2. The fraction of sp³-hybridized carbons (Fsp3) is 1.00. The summed E-state index contributed by atoms with van der Waals surface area (Å²) in [5.74, 6) is 0. The van der Waals surface area contributed by atoms with E-state index in [-0.39, 0.29) is 0 Å². The van der Waals surface area contributed by atoms with Gasteiger partial charge in [-0.05, 0) is 46.7 Å². The first-order valence-corrected chi connectivity index (χ1v) is 6.05. The SMILES string of the molecule is CCCCN1C(C)CCNCC1(C)C. The third-order valence-electron chi connectivity index (χ3n) is 3.36. The lowest BCUT2D eigenvalue weighted by molar-refractivity contribution is 0.0870. The summed E-state index contributed by atoms with van der Waals surface area (Å²) in [6, 6.07) is 0.728. The zero-order chi connectivity index (χ0) is 10.6. The van der Waals surface area contributed by atoms with Crippen molar-refractivity contribution < 1.29 is 0 Å². The van der Waals surface area contributed by atoms with E-state index in [1.165, 1.54) is 32.4 Å². The molecule has 1 fully saturated rings. The molecule has 1 saturated heterocycles. The van der Waals surface area contributed by atoms with Crippen molar-refractivity contribution in [3.8, 4) is 0 Å². The van der Waals surface area contributed by atoms with E-state index in [9.17, 15) is 0 Å². The van der Waals surface area contributed by atoms with Crippen LogP contribution in [0.25, 0.3) is 0 Å². The Morgan fingerprint density at radius 3 is 2.79 bits per heavy atom. The minimum atomic E-state index is 0.324. The minimum Gasteiger partial charge on any atom is -0.315 e. The van der Waals surface area contributed by atoms with Gasteiger partial charge < -0.3 is 5.32 Å². The molecule has 2 heteroatoms. The van der Waals surface area contributed by atoms with E-state index in [0.29, 0.717) is 5.54 Å². The minimum absolute atomic E-state index is 0.324. The Bertz CT molecular complexity index is 166. The highest BCUT2D eigenvalue weighted by Crippen LogP contribution is 2.21. The van der Waals surface area contributed by atoms with Crippen LogP contribution in [0.1, 0.15) is 47.0 Å². The summed E-state index contributed by atoms with van der Waals surface area (Å²) in [6.45, 7) is 12.9. The average molecular weight is 198 g/mol. The Labute approximate surface area is 89.1 Å². The molecule has 1 aliphatic heterocycles. The van der Waals surface area contributed by atoms with Crippen molar-refractivity contribution in [2.45, 2.75) is 58.5 Å². The van der Waals surface area contributed by atoms with Crippen molar-refractivity contribution in [2.75, 3.05) is 19.6 Å². The summed E-state index contributed by atoms with van der Waals surface area (Å²) in [5.41, 5.74) is 0.324. The number of rotatable bonds is 3. The number of hydrogen-bond donors (Lipinski definition) is 1. The van der Waals surface area contributed by atoms with Crippen LogP contribution in [0, 0.1) is 0 Å². The fourth-order valence-corrected chi connectivity index (χ4v) is 2.41. The van der Waals surface area contributed by atoms with Crippen LogP contribution >= 0.6 is 0 Å². The molecule has 2 nitrogen and oxygen atoms in total. The van der Waals surface area contributed by atoms with Gasteiger partial charge in [0.1, 0.15) is 0 Å². The monoisotopic (exact) mass is 198 g/mol. The molecule has 0 aromatic carbocycles. The molecule has 1 heterocycles. The topological polar surface area (TPSA) is 15.3 Å². The third-order valence-corrected chi connectivity index (χ3v) is 3.36. The largest absolute Gasteiger partial charge is 0.315 e. The summed E-state index contributed by atoms with van der Waals surface area (Å²) in [5, 5.41) is 3.53. The Morgan fingerprint density at radius 1 is 1.43 bits per heavy atom. The molecule has 0 aliphatic carbocycles. The second kappa shape index (κ2) is 5.13. The van der Waals surface area contributed by atoms with Gasteiger partial charge in [-0.25, -0.2) is 0 Å². The van der Waals surface area contributed by atoms with Crippen LogP contribution in [-0.4, -0.2) is 36.1 Å². The van der Waals surface area contributed by atoms with E-state index in [4.69, 9.17) is 0 Å². The highest BCUT2D eigenvalue weighted by atomic mass is 15.2. The van der Waals surface area contributed by atoms with E-state index in [0.717, 1.165) is 12.6 Å². The quantitative estimate of drug-likeness (QED) is 0.748. The van der Waals surface area contributed by atoms with Gasteiger partial charge in [0.05, 0.1) is 0 Å². The highest BCUT2D eigenvalue weighted by Gasteiger charge is 2.31. The maximum atomic E-state index is 3.53. The molecule has 0 bridgehead atoms. The molecule has 1 unspecified atom stereocenters. The van der Waals surface area contributed by atoms with Crippen LogP contribution in [0.15, 0.2) is 0 Å². The molecule has 1 N–H and O–H groups in total. The Balaban J connectivity index is 2.61. The van der Waals surface area contributed by atoms with Gasteiger partial charge in [0, 0.05) is 18.1 Å². The number of nitrogens with zero attached hydrogens (tertiary/aromatic N) is 1. The second-order valence-electron chi connectivity index (χ2n) is 5.17. The summed E-state index contributed by atoms with van der Waals surface area (Å²) >= 11 is 0. The van der Waals surface area contributed by atoms with Crippen LogP contribution in [0.2, 0.25) is 0 Å². The second-order valence-corrected chi connectivity index (χ2v) is 5.17. The van der Waals surface area contributed by atoms with Crippen LogP contribution in [0.3, 0.4) is 0 Å². The van der Waals surface area contributed by atoms with Crippen LogP contribution in [0.4, 0.5) is 0 Å². The summed E-state index contributed by atoms with van der Waals surface area (Å²) < 4.78 is 0. The van der Waals surface area contributed by atoms with Gasteiger partial charge in [-0.2, -0.15) is 0 Å². The molecule has 0 spiro atoms. The molecule has 1 atom stereocenters. The predicted octanol–water partition coefficient (Wildman–Crippen LogP) is 2.25. The van der Waals surface area contributed by atoms with Crippen LogP contribution < -0.4 is 5.32 Å². The standard InChI is InChI=1S/C12H26N2/c1-5-6-9-14-11(2)7-8-13-10-12(14,3)4/h11,13H,5-10H2,1-4H3. The van der Waals surface area contributed by atoms with Gasteiger partial charge in [-0.15, -0.1) is 0 Å². The third kappa shape index (κ3) is 2.96. The van der Waals surface area contributed by atoms with Crippen LogP contribution in [-0.2, 0) is 0 Å². The Hall–Kier alpha value is -0.0800. The van der Waals surface area contributed by atoms with Crippen molar-refractivity contribution in [1.82, 2.24) is 10.2 Å². The maximum Gasteiger partial charge on any atom is 0.0280 e. The summed E-state index contributed by atoms with van der Waals surface area (Å²) in [7, 11) is 0. The van der Waals surface area contributed by atoms with Crippen molar-refractivity contribution in [2.24, 2.45) is 0 Å². The first kappa shape index (κ1) is 12.0. The van der Waals surface area contributed by atoms with E-state index in [2.05, 4.69) is 37.9 Å². The lowest BCUT2D eigenvalue weighted by Gasteiger charge is -2.40. The highest BCUT2D eigenvalue weighted by molar-refractivity contribution is 4.89. The predicted molar refractivity (Wildman–Crippen MR) is 62.6 cm³/mol. The van der Waals surface area contributed by atoms with Gasteiger partial charge in [0.25, 0.3) is 0 Å². The Morgan fingerprint density at radius 2 is 2.14 bits per heavy atom. The molecule has 0 aromatic rings. The molecule has 1 aliphatic rings.